The highest BCUT2D eigenvalue weighted by Gasteiger charge is 2.24. The zero-order valence-electron chi connectivity index (χ0n) is 34.5. The molecule has 0 spiro atoms. The van der Waals surface area contributed by atoms with Crippen LogP contribution in [0.1, 0.15) is 97.1 Å². The largest absolute Gasteiger partial charge is 0.467 e. The molecule has 0 saturated carbocycles. The Hall–Kier alpha value is -5.30. The van der Waals surface area contributed by atoms with Crippen molar-refractivity contribution in [2.45, 2.75) is 98.3 Å². The van der Waals surface area contributed by atoms with Gasteiger partial charge in [0.15, 0.2) is 5.82 Å². The number of aryl methyl sites for hydroxylation is 1. The number of hydrogen-bond donors (Lipinski definition) is 0. The van der Waals surface area contributed by atoms with E-state index >= 15 is 0 Å². The predicted octanol–water partition coefficient (Wildman–Crippen LogP) is 13.0. The highest BCUT2D eigenvalue weighted by atomic mass is 19.3. The van der Waals surface area contributed by atoms with Gasteiger partial charge in [0.2, 0.25) is 0 Å². The first-order valence-electron chi connectivity index (χ1n) is 18.6. The summed E-state index contributed by atoms with van der Waals surface area (Å²) >= 11 is 0. The summed E-state index contributed by atoms with van der Waals surface area (Å²) in [4.78, 5) is 16.9. The molecule has 0 amide bonds. The third kappa shape index (κ3) is 12.4. The Labute approximate surface area is 327 Å². The fourth-order valence-electron chi connectivity index (χ4n) is 5.51. The zero-order chi connectivity index (χ0) is 40.6. The predicted molar refractivity (Wildman–Crippen MR) is 224 cm³/mol. The van der Waals surface area contributed by atoms with Crippen molar-refractivity contribution < 1.29 is 13.5 Å². The first kappa shape index (κ1) is 42.4. The topological polar surface area (TPSA) is 60.8 Å². The summed E-state index contributed by atoms with van der Waals surface area (Å²) in [6.07, 6.45) is 7.25. The molecule has 0 unspecified atom stereocenters. The number of methoxy groups -OCH3 is 1. The molecule has 2 aromatic heterocycles. The molecule has 2 heterocycles. The van der Waals surface area contributed by atoms with Gasteiger partial charge in [-0.2, -0.15) is 0 Å². The van der Waals surface area contributed by atoms with Crippen LogP contribution in [-0.4, -0.2) is 27.0 Å². The standard InChI is InChI=1S/C18H20F2.C15H18N2O.C15H18N2/c1-17(2,3)16-7-5-6-14(12-16)13-8-10-15(11-9-13)18(4,19)20;1-15(2,3)13-7-5-11(6-8-13)12-9-16-14(18-4)17-10-12;1-11-9-16-14(17-10-11)12-5-7-13(8-6-12)15(2,3)4/h5-12H,1-4H3;5-10H,1-4H3;5-10H,1-4H3. The maximum Gasteiger partial charge on any atom is 0.316 e. The summed E-state index contributed by atoms with van der Waals surface area (Å²) in [5.41, 5.74) is 10.7. The van der Waals surface area contributed by atoms with E-state index in [9.17, 15) is 8.78 Å². The van der Waals surface area contributed by atoms with Gasteiger partial charge in [-0.1, -0.05) is 159 Å². The van der Waals surface area contributed by atoms with Gasteiger partial charge in [0.25, 0.3) is 5.92 Å². The smallest absolute Gasteiger partial charge is 0.316 e. The molecule has 6 rings (SSSR count). The molecule has 288 valence electrons. The van der Waals surface area contributed by atoms with Crippen molar-refractivity contribution in [2.24, 2.45) is 0 Å². The van der Waals surface area contributed by atoms with Crippen LogP contribution in [-0.2, 0) is 22.2 Å². The Morgan fingerprint density at radius 2 is 0.855 bits per heavy atom. The maximum absolute atomic E-state index is 13.2. The van der Waals surface area contributed by atoms with Gasteiger partial charge in [-0.25, -0.2) is 28.7 Å². The highest BCUT2D eigenvalue weighted by Crippen LogP contribution is 2.32. The molecule has 0 radical (unpaired) electrons. The van der Waals surface area contributed by atoms with Crippen LogP contribution < -0.4 is 4.74 Å². The summed E-state index contributed by atoms with van der Waals surface area (Å²) in [6, 6.07) is 32.1. The molecule has 0 aliphatic rings. The molecule has 0 saturated heterocycles. The van der Waals surface area contributed by atoms with E-state index in [-0.39, 0.29) is 21.8 Å². The molecule has 0 aliphatic heterocycles. The summed E-state index contributed by atoms with van der Waals surface area (Å²) in [6.45, 7) is 22.6. The summed E-state index contributed by atoms with van der Waals surface area (Å²) in [7, 11) is 1.56. The summed E-state index contributed by atoms with van der Waals surface area (Å²) in [5.74, 6) is -2.00. The molecule has 7 heteroatoms. The number of aromatic nitrogens is 4. The van der Waals surface area contributed by atoms with E-state index in [1.807, 2.05) is 31.5 Å². The molecule has 6 aromatic rings. The Kier molecular flexibility index (Phi) is 13.5. The first-order chi connectivity index (χ1) is 25.6. The second-order valence-corrected chi connectivity index (χ2v) is 17.0. The molecule has 0 N–H and O–H groups in total. The normalized spacial score (nSPS) is 11.8. The van der Waals surface area contributed by atoms with Crippen molar-refractivity contribution in [3.05, 3.63) is 150 Å². The lowest BCUT2D eigenvalue weighted by Crippen LogP contribution is -2.10. The minimum atomic E-state index is -2.79. The van der Waals surface area contributed by atoms with Crippen LogP contribution in [0.3, 0.4) is 0 Å². The SMILES string of the molecule is CC(C)(C)c1cccc(-c2ccc(C(C)(F)F)cc2)c1.COc1ncc(-c2ccc(C(C)(C)C)cc2)cn1.Cc1cnc(-c2ccc(C(C)(C)C)cc2)nc1. The van der Waals surface area contributed by atoms with Crippen LogP contribution in [0, 0.1) is 6.92 Å². The number of hydrogen-bond acceptors (Lipinski definition) is 5. The fraction of sp³-hybridized carbons (Fsp3) is 0.333. The fourth-order valence-corrected chi connectivity index (χ4v) is 5.51. The molecule has 55 heavy (non-hydrogen) atoms. The molecule has 0 aliphatic carbocycles. The van der Waals surface area contributed by atoms with Gasteiger partial charge in [-0.3, -0.25) is 0 Å². The minimum Gasteiger partial charge on any atom is -0.467 e. The summed E-state index contributed by atoms with van der Waals surface area (Å²) < 4.78 is 31.4. The average molecular weight is 743 g/mol. The summed E-state index contributed by atoms with van der Waals surface area (Å²) in [5, 5.41) is 0. The maximum atomic E-state index is 13.2. The molecular weight excluding hydrogens is 687 g/mol. The number of alkyl halides is 2. The lowest BCUT2D eigenvalue weighted by atomic mass is 9.85. The van der Waals surface area contributed by atoms with Gasteiger partial charge in [0, 0.05) is 48.4 Å². The number of benzene rings is 4. The van der Waals surface area contributed by atoms with Crippen molar-refractivity contribution in [2.75, 3.05) is 7.11 Å². The number of halogens is 2. The molecule has 0 fully saturated rings. The van der Waals surface area contributed by atoms with Crippen LogP contribution in [0.5, 0.6) is 6.01 Å². The monoisotopic (exact) mass is 742 g/mol. The van der Waals surface area contributed by atoms with Crippen molar-refractivity contribution >= 4 is 0 Å². The van der Waals surface area contributed by atoms with Gasteiger partial charge in [0.1, 0.15) is 0 Å². The number of ether oxygens (including phenoxy) is 1. The van der Waals surface area contributed by atoms with Gasteiger partial charge < -0.3 is 4.74 Å². The molecular formula is C48H56F2N4O. The Morgan fingerprint density at radius 3 is 1.27 bits per heavy atom. The Bertz CT molecular complexity index is 2080. The van der Waals surface area contributed by atoms with E-state index in [1.54, 1.807) is 31.6 Å². The number of nitrogens with zero attached hydrogens (tertiary/aromatic N) is 4. The molecule has 0 bridgehead atoms. The van der Waals surface area contributed by atoms with Crippen LogP contribution in [0.2, 0.25) is 0 Å². The Balaban J connectivity index is 0.000000184. The van der Waals surface area contributed by atoms with Crippen LogP contribution in [0.25, 0.3) is 33.6 Å². The minimum absolute atomic E-state index is 0.0493. The second kappa shape index (κ2) is 17.4. The zero-order valence-corrected chi connectivity index (χ0v) is 34.5. The number of rotatable bonds is 5. The van der Waals surface area contributed by atoms with E-state index < -0.39 is 5.92 Å². The first-order valence-corrected chi connectivity index (χ1v) is 18.6. The van der Waals surface area contributed by atoms with Crippen molar-refractivity contribution in [1.82, 2.24) is 19.9 Å². The van der Waals surface area contributed by atoms with Crippen molar-refractivity contribution in [3.63, 3.8) is 0 Å². The van der Waals surface area contributed by atoms with E-state index in [0.29, 0.717) is 6.01 Å². The lowest BCUT2D eigenvalue weighted by molar-refractivity contribution is 0.0175. The lowest BCUT2D eigenvalue weighted by Gasteiger charge is -2.20. The molecule has 0 atom stereocenters. The molecule has 4 aromatic carbocycles. The van der Waals surface area contributed by atoms with E-state index in [1.165, 1.54) is 28.8 Å². The third-order valence-corrected chi connectivity index (χ3v) is 9.14. The van der Waals surface area contributed by atoms with E-state index in [0.717, 1.165) is 46.1 Å². The van der Waals surface area contributed by atoms with Gasteiger partial charge in [-0.15, -0.1) is 0 Å². The van der Waals surface area contributed by atoms with Gasteiger partial charge in [-0.05, 0) is 62.1 Å². The van der Waals surface area contributed by atoms with Crippen LogP contribution in [0.4, 0.5) is 8.78 Å². The second-order valence-electron chi connectivity index (χ2n) is 17.0. The Morgan fingerprint density at radius 1 is 0.436 bits per heavy atom. The molecule has 5 nitrogen and oxygen atoms in total. The highest BCUT2D eigenvalue weighted by molar-refractivity contribution is 5.65. The third-order valence-electron chi connectivity index (χ3n) is 9.14. The van der Waals surface area contributed by atoms with E-state index in [2.05, 4.69) is 143 Å². The average Bonchev–Trinajstić information content (AvgIpc) is 3.14. The van der Waals surface area contributed by atoms with Gasteiger partial charge >= 0.3 is 6.01 Å². The van der Waals surface area contributed by atoms with Crippen LogP contribution >= 0.6 is 0 Å². The van der Waals surface area contributed by atoms with E-state index in [4.69, 9.17) is 4.74 Å². The van der Waals surface area contributed by atoms with Crippen LogP contribution in [0.15, 0.2) is 122 Å². The quantitative estimate of drug-likeness (QED) is 0.176. The van der Waals surface area contributed by atoms with Crippen molar-refractivity contribution in [3.8, 4) is 39.7 Å². The van der Waals surface area contributed by atoms with Gasteiger partial charge in [0.05, 0.1) is 7.11 Å². The van der Waals surface area contributed by atoms with Crippen molar-refractivity contribution in [1.29, 1.82) is 0 Å².